The normalized spacial score (nSPS) is 16.6. The molecule has 9 nitrogen and oxygen atoms in total. The van der Waals surface area contributed by atoms with Crippen LogP contribution in [0.2, 0.25) is 0 Å². The molecular formula is C29H49NO8S. The quantitative estimate of drug-likeness (QED) is 0.134. The maximum absolute atomic E-state index is 13.1. The topological polar surface area (TPSA) is 125 Å². The Balaban J connectivity index is 2.59. The highest BCUT2D eigenvalue weighted by molar-refractivity contribution is 8.00. The number of nitrogens with one attached hydrogen (secondary N) is 1. The van der Waals surface area contributed by atoms with E-state index < -0.39 is 46.7 Å². The molecule has 1 aliphatic carbocycles. The van der Waals surface area contributed by atoms with Crippen molar-refractivity contribution in [3.05, 3.63) is 0 Å². The predicted octanol–water partition coefficient (Wildman–Crippen LogP) is 4.92. The summed E-state index contributed by atoms with van der Waals surface area (Å²) in [5.41, 5.74) is -2.98. The van der Waals surface area contributed by atoms with Gasteiger partial charge in [0.25, 0.3) is 0 Å². The van der Waals surface area contributed by atoms with E-state index in [1.807, 2.05) is 0 Å². The smallest absolute Gasteiger partial charge is 0.324 e. The number of hydrogen-bond acceptors (Lipinski definition) is 9. The van der Waals surface area contributed by atoms with Crippen LogP contribution in [0.15, 0.2) is 0 Å². The van der Waals surface area contributed by atoms with E-state index >= 15 is 0 Å². The van der Waals surface area contributed by atoms with E-state index in [-0.39, 0.29) is 36.0 Å². The fourth-order valence-corrected chi connectivity index (χ4v) is 4.89. The first-order valence-corrected chi connectivity index (χ1v) is 15.2. The number of esters is 3. The van der Waals surface area contributed by atoms with Crippen LogP contribution in [-0.2, 0) is 38.2 Å². The number of carbonyl (C=O) groups excluding carboxylic acids is 5. The molecule has 1 rings (SSSR count). The van der Waals surface area contributed by atoms with Crippen molar-refractivity contribution >= 4 is 41.4 Å². The predicted molar refractivity (Wildman–Crippen MR) is 151 cm³/mol. The van der Waals surface area contributed by atoms with Gasteiger partial charge in [-0.2, -0.15) is 0 Å². The first kappa shape index (κ1) is 34.9. The molecule has 0 saturated heterocycles. The Morgan fingerprint density at radius 3 is 1.87 bits per heavy atom. The van der Waals surface area contributed by atoms with Gasteiger partial charge in [-0.25, -0.2) is 0 Å². The molecule has 1 saturated carbocycles. The van der Waals surface area contributed by atoms with Crippen LogP contribution in [0.3, 0.4) is 0 Å². The molecule has 1 N–H and O–H groups in total. The average molecular weight is 572 g/mol. The van der Waals surface area contributed by atoms with Crippen LogP contribution in [0, 0.1) is 5.41 Å². The van der Waals surface area contributed by atoms with Crippen LogP contribution < -0.4 is 5.32 Å². The highest BCUT2D eigenvalue weighted by atomic mass is 32.2. The van der Waals surface area contributed by atoms with Gasteiger partial charge in [0.2, 0.25) is 5.91 Å². The number of rotatable bonds is 14. The van der Waals surface area contributed by atoms with Gasteiger partial charge >= 0.3 is 17.9 Å². The van der Waals surface area contributed by atoms with Gasteiger partial charge in [-0.05, 0) is 80.6 Å². The Hall–Kier alpha value is -2.10. The zero-order valence-corrected chi connectivity index (χ0v) is 25.9. The van der Waals surface area contributed by atoms with Gasteiger partial charge in [0.1, 0.15) is 17.3 Å². The van der Waals surface area contributed by atoms with E-state index in [0.29, 0.717) is 19.3 Å². The molecule has 10 heteroatoms. The summed E-state index contributed by atoms with van der Waals surface area (Å²) in [6.07, 6.45) is 5.18. The van der Waals surface area contributed by atoms with Crippen molar-refractivity contribution in [3.63, 3.8) is 0 Å². The summed E-state index contributed by atoms with van der Waals surface area (Å²) in [5.74, 6) is -2.05. The summed E-state index contributed by atoms with van der Waals surface area (Å²) in [6.45, 7) is 14.0. The SMILES string of the molecule is CCCCCCC(NC(=O)CSCC(=O)OC1CCC(C(=O)OC(C)(C)C)(C(=O)OC(C)(C)C)CC1)C(C)=O. The fraction of sp³-hybridized carbons (Fsp3) is 0.828. The van der Waals surface area contributed by atoms with E-state index in [4.69, 9.17) is 14.2 Å². The Bertz CT molecular complexity index is 820. The molecule has 1 amide bonds. The van der Waals surface area contributed by atoms with E-state index in [1.165, 1.54) is 6.92 Å². The van der Waals surface area contributed by atoms with Gasteiger partial charge in [-0.3, -0.25) is 24.0 Å². The zero-order chi connectivity index (χ0) is 29.9. The fourth-order valence-electron chi connectivity index (χ4n) is 4.28. The number of amides is 1. The zero-order valence-electron chi connectivity index (χ0n) is 25.1. The Morgan fingerprint density at radius 1 is 0.872 bits per heavy atom. The maximum atomic E-state index is 13.1. The summed E-state index contributed by atoms with van der Waals surface area (Å²) < 4.78 is 16.7. The third kappa shape index (κ3) is 13.2. The van der Waals surface area contributed by atoms with Crippen LogP contribution in [0.25, 0.3) is 0 Å². The van der Waals surface area contributed by atoms with E-state index in [1.54, 1.807) is 41.5 Å². The molecule has 1 atom stereocenters. The van der Waals surface area contributed by atoms with Crippen molar-refractivity contribution in [2.45, 2.75) is 137 Å². The average Bonchev–Trinajstić information content (AvgIpc) is 2.79. The first-order valence-electron chi connectivity index (χ1n) is 14.0. The number of ether oxygens (including phenoxy) is 3. The molecule has 0 bridgehead atoms. The van der Waals surface area contributed by atoms with Crippen molar-refractivity contribution < 1.29 is 38.2 Å². The van der Waals surface area contributed by atoms with Crippen molar-refractivity contribution in [2.75, 3.05) is 11.5 Å². The highest BCUT2D eigenvalue weighted by Gasteiger charge is 2.53. The summed E-state index contributed by atoms with van der Waals surface area (Å²) >= 11 is 1.12. The van der Waals surface area contributed by atoms with Gasteiger partial charge in [0.05, 0.1) is 17.5 Å². The third-order valence-corrected chi connectivity index (χ3v) is 7.20. The van der Waals surface area contributed by atoms with E-state index in [0.717, 1.165) is 37.4 Å². The number of Topliss-reactive ketones (excluding diaryl/α,β-unsaturated/α-hetero) is 1. The van der Waals surface area contributed by atoms with Crippen molar-refractivity contribution in [1.29, 1.82) is 0 Å². The number of ketones is 1. The minimum Gasteiger partial charge on any atom is -0.462 e. The van der Waals surface area contributed by atoms with E-state index in [9.17, 15) is 24.0 Å². The molecule has 0 aromatic rings. The number of hydrogen-bond donors (Lipinski definition) is 1. The standard InChI is InChI=1S/C29H49NO8S/c1-9-10-11-12-13-22(20(2)31)30-23(32)18-39-19-24(33)36-21-14-16-29(17-15-21,25(34)37-27(3,4)5)26(35)38-28(6,7)8/h21-22H,9-19H2,1-8H3,(H,30,32). The minimum absolute atomic E-state index is 0.0194. The van der Waals surface area contributed by atoms with Crippen LogP contribution in [0.1, 0.15) is 113 Å². The Labute approximate surface area is 238 Å². The number of unbranched alkanes of at least 4 members (excludes halogenated alkanes) is 3. The first-order chi connectivity index (χ1) is 18.0. The molecule has 1 aliphatic rings. The number of carbonyl (C=O) groups is 5. The van der Waals surface area contributed by atoms with Gasteiger partial charge < -0.3 is 19.5 Å². The molecule has 39 heavy (non-hydrogen) atoms. The van der Waals surface area contributed by atoms with Gasteiger partial charge in [-0.15, -0.1) is 11.8 Å². The molecule has 0 aromatic carbocycles. The maximum Gasteiger partial charge on any atom is 0.324 e. The minimum atomic E-state index is -1.44. The Kier molecular flexibility index (Phi) is 14.0. The second kappa shape index (κ2) is 15.6. The lowest BCUT2D eigenvalue weighted by Crippen LogP contribution is -2.49. The summed E-state index contributed by atoms with van der Waals surface area (Å²) in [4.78, 5) is 62.8. The molecule has 0 aliphatic heterocycles. The second-order valence-electron chi connectivity index (χ2n) is 12.3. The lowest BCUT2D eigenvalue weighted by atomic mass is 9.72. The van der Waals surface area contributed by atoms with Crippen LogP contribution >= 0.6 is 11.8 Å². The summed E-state index contributed by atoms with van der Waals surface area (Å²) in [6, 6.07) is -0.501. The van der Waals surface area contributed by atoms with E-state index in [2.05, 4.69) is 12.2 Å². The van der Waals surface area contributed by atoms with Gasteiger partial charge in [0.15, 0.2) is 11.2 Å². The largest absolute Gasteiger partial charge is 0.462 e. The van der Waals surface area contributed by atoms with Crippen LogP contribution in [0.4, 0.5) is 0 Å². The third-order valence-electron chi connectivity index (χ3n) is 6.29. The molecule has 224 valence electrons. The lowest BCUT2D eigenvalue weighted by Gasteiger charge is -2.38. The monoisotopic (exact) mass is 571 g/mol. The lowest BCUT2D eigenvalue weighted by molar-refractivity contribution is -0.190. The van der Waals surface area contributed by atoms with Crippen LogP contribution in [-0.4, -0.2) is 64.5 Å². The van der Waals surface area contributed by atoms with Gasteiger partial charge in [-0.1, -0.05) is 32.6 Å². The highest BCUT2D eigenvalue weighted by Crippen LogP contribution is 2.41. The molecule has 0 aromatic heterocycles. The number of thioether (sulfide) groups is 1. The molecule has 1 fully saturated rings. The summed E-state index contributed by atoms with van der Waals surface area (Å²) in [5, 5.41) is 2.76. The molecule has 0 heterocycles. The van der Waals surface area contributed by atoms with Crippen molar-refractivity contribution in [2.24, 2.45) is 5.41 Å². The Morgan fingerprint density at radius 2 is 1.41 bits per heavy atom. The molecule has 1 unspecified atom stereocenters. The second-order valence-corrected chi connectivity index (χ2v) is 13.3. The summed E-state index contributed by atoms with van der Waals surface area (Å²) in [7, 11) is 0. The van der Waals surface area contributed by atoms with Crippen molar-refractivity contribution in [1.82, 2.24) is 5.32 Å². The van der Waals surface area contributed by atoms with Crippen LogP contribution in [0.5, 0.6) is 0 Å². The van der Waals surface area contributed by atoms with Gasteiger partial charge in [0, 0.05) is 0 Å². The molecular weight excluding hydrogens is 522 g/mol. The molecule has 0 spiro atoms. The molecule has 0 radical (unpaired) electrons. The van der Waals surface area contributed by atoms with Crippen molar-refractivity contribution in [3.8, 4) is 0 Å².